The fourth-order valence-electron chi connectivity index (χ4n) is 4.58. The third-order valence-corrected chi connectivity index (χ3v) is 7.27. The van der Waals surface area contributed by atoms with Crippen molar-refractivity contribution in [3.05, 3.63) is 77.1 Å². The van der Waals surface area contributed by atoms with E-state index in [9.17, 15) is 24.3 Å². The minimum absolute atomic E-state index is 0.0535. The van der Waals surface area contributed by atoms with Gasteiger partial charge in [0.2, 0.25) is 11.8 Å². The molecule has 0 bridgehead atoms. The number of nitrogens with two attached hydrogens (primary N) is 2. The van der Waals surface area contributed by atoms with E-state index in [0.29, 0.717) is 12.0 Å². The number of ketones is 1. The number of unbranched alkanes of at least 4 members (excludes halogenated alkanes) is 2. The molecule has 7 N–H and O–H groups in total. The molecule has 0 fully saturated rings. The number of rotatable bonds is 15. The van der Waals surface area contributed by atoms with Crippen molar-refractivity contribution in [3.8, 4) is 16.9 Å². The van der Waals surface area contributed by atoms with Crippen LogP contribution in [0.2, 0.25) is 0 Å². The molecule has 1 heterocycles. The van der Waals surface area contributed by atoms with Crippen LogP contribution in [0.25, 0.3) is 11.1 Å². The van der Waals surface area contributed by atoms with Crippen molar-refractivity contribution in [1.29, 1.82) is 0 Å². The molecule has 1 aromatic heterocycles. The summed E-state index contributed by atoms with van der Waals surface area (Å²) in [6.07, 6.45) is 4.02. The van der Waals surface area contributed by atoms with E-state index in [1.807, 2.05) is 26.8 Å². The summed E-state index contributed by atoms with van der Waals surface area (Å²) < 4.78 is 5.59. The van der Waals surface area contributed by atoms with E-state index in [4.69, 9.17) is 16.2 Å². The van der Waals surface area contributed by atoms with Gasteiger partial charge in [-0.3, -0.25) is 19.4 Å². The van der Waals surface area contributed by atoms with Crippen molar-refractivity contribution in [3.63, 3.8) is 0 Å². The van der Waals surface area contributed by atoms with Crippen LogP contribution in [-0.4, -0.2) is 45.7 Å². The molecular formula is C34H43N5O6. The van der Waals surface area contributed by atoms with Crippen molar-refractivity contribution in [2.45, 2.75) is 78.6 Å². The quantitative estimate of drug-likeness (QED) is 0.0932. The zero-order valence-electron chi connectivity index (χ0n) is 26.3. The number of aromatic nitrogens is 1. The van der Waals surface area contributed by atoms with Gasteiger partial charge in [-0.15, -0.1) is 0 Å². The molecule has 11 heteroatoms. The molecule has 0 saturated carbocycles. The molecule has 0 radical (unpaired) electrons. The second-order valence-corrected chi connectivity index (χ2v) is 11.3. The van der Waals surface area contributed by atoms with Gasteiger partial charge in [0.1, 0.15) is 23.6 Å². The van der Waals surface area contributed by atoms with E-state index >= 15 is 0 Å². The van der Waals surface area contributed by atoms with Gasteiger partial charge < -0.3 is 31.9 Å². The van der Waals surface area contributed by atoms with Gasteiger partial charge in [0.15, 0.2) is 5.78 Å². The zero-order chi connectivity index (χ0) is 33.1. The van der Waals surface area contributed by atoms with Crippen LogP contribution in [0.5, 0.6) is 5.75 Å². The number of benzene rings is 2. The molecular weight excluding hydrogens is 574 g/mol. The Kier molecular flexibility index (Phi) is 12.8. The number of nitrogens with one attached hydrogen (secondary N) is 2. The third kappa shape index (κ3) is 9.44. The first-order valence-corrected chi connectivity index (χ1v) is 15.1. The SMILES string of the molecule is CCCCCC(=O)c1nccc(CNC(=O)[C@@H](N)C(C)C)c1-c1cc(NC(=O)[C@H](C)N)cc(O)c1C(=O)OCc1ccccc1. The number of anilines is 1. The normalized spacial score (nSPS) is 12.3. The highest BCUT2D eigenvalue weighted by molar-refractivity contribution is 6.08. The lowest BCUT2D eigenvalue weighted by molar-refractivity contribution is -0.123. The average Bonchev–Trinajstić information content (AvgIpc) is 3.02. The standard InChI is InChI=1S/C34H43N5O6/c1-5-6-8-13-26(40)31-28(23(14-15-37-31)18-38-33(43)30(36)20(2)3)25-16-24(39-32(42)21(4)35)17-27(41)29(25)34(44)45-19-22-11-9-7-10-12-22/h7,9-12,14-17,20-21,30,41H,5-6,8,13,18-19,35-36H2,1-4H3,(H,38,43)(H,39,42)/t21-,30-/m0/s1. The van der Waals surface area contributed by atoms with Gasteiger partial charge in [0, 0.05) is 42.0 Å². The maximum Gasteiger partial charge on any atom is 0.342 e. The molecule has 0 unspecified atom stereocenters. The number of carbonyl (C=O) groups is 4. The lowest BCUT2D eigenvalue weighted by atomic mass is 9.90. The number of aromatic hydroxyl groups is 1. The Morgan fingerprint density at radius 3 is 2.33 bits per heavy atom. The predicted molar refractivity (Wildman–Crippen MR) is 172 cm³/mol. The lowest BCUT2D eigenvalue weighted by Gasteiger charge is -2.20. The van der Waals surface area contributed by atoms with E-state index in [0.717, 1.165) is 18.4 Å². The number of hydrogen-bond acceptors (Lipinski definition) is 9. The number of ether oxygens (including phenoxy) is 1. The smallest absolute Gasteiger partial charge is 0.342 e. The summed E-state index contributed by atoms with van der Waals surface area (Å²) in [6, 6.07) is 11.7. The first-order chi connectivity index (χ1) is 21.4. The molecule has 2 atom stereocenters. The van der Waals surface area contributed by atoms with Gasteiger partial charge in [-0.25, -0.2) is 4.79 Å². The first kappa shape index (κ1) is 34.9. The Morgan fingerprint density at radius 2 is 1.69 bits per heavy atom. The van der Waals surface area contributed by atoms with Gasteiger partial charge in [0.05, 0.1) is 12.1 Å². The molecule has 2 amide bonds. The van der Waals surface area contributed by atoms with E-state index in [1.165, 1.54) is 25.3 Å². The fourth-order valence-corrected chi connectivity index (χ4v) is 4.58. The molecule has 0 spiro atoms. The van der Waals surface area contributed by atoms with Crippen LogP contribution >= 0.6 is 0 Å². The van der Waals surface area contributed by atoms with Crippen LogP contribution in [0.1, 0.15) is 85.4 Å². The van der Waals surface area contributed by atoms with Crippen molar-refractivity contribution in [2.24, 2.45) is 17.4 Å². The topological polar surface area (TPSA) is 187 Å². The summed E-state index contributed by atoms with van der Waals surface area (Å²) in [7, 11) is 0. The Morgan fingerprint density at radius 1 is 0.978 bits per heavy atom. The van der Waals surface area contributed by atoms with Crippen molar-refractivity contribution in [1.82, 2.24) is 10.3 Å². The molecule has 0 aliphatic heterocycles. The Balaban J connectivity index is 2.21. The van der Waals surface area contributed by atoms with Crippen LogP contribution in [0.15, 0.2) is 54.7 Å². The second-order valence-electron chi connectivity index (χ2n) is 11.3. The second kappa shape index (κ2) is 16.5. The lowest BCUT2D eigenvalue weighted by Crippen LogP contribution is -2.43. The summed E-state index contributed by atoms with van der Waals surface area (Å²) >= 11 is 0. The Labute approximate surface area is 263 Å². The van der Waals surface area contributed by atoms with Gasteiger partial charge in [-0.1, -0.05) is 63.9 Å². The van der Waals surface area contributed by atoms with E-state index in [1.54, 1.807) is 30.3 Å². The molecule has 0 aliphatic carbocycles. The molecule has 45 heavy (non-hydrogen) atoms. The molecule has 3 rings (SSSR count). The fraction of sp³-hybridized carbons (Fsp3) is 0.382. The van der Waals surface area contributed by atoms with E-state index in [-0.39, 0.29) is 59.3 Å². The predicted octanol–water partition coefficient (Wildman–Crippen LogP) is 4.46. The largest absolute Gasteiger partial charge is 0.507 e. The molecule has 3 aromatic rings. The minimum atomic E-state index is -0.865. The van der Waals surface area contributed by atoms with Gasteiger partial charge in [0.25, 0.3) is 0 Å². The van der Waals surface area contributed by atoms with Crippen LogP contribution in [-0.2, 0) is 27.5 Å². The van der Waals surface area contributed by atoms with Gasteiger partial charge in [-0.2, -0.15) is 0 Å². The monoisotopic (exact) mass is 617 g/mol. The highest BCUT2D eigenvalue weighted by Gasteiger charge is 2.28. The van der Waals surface area contributed by atoms with Crippen molar-refractivity contribution in [2.75, 3.05) is 5.32 Å². The minimum Gasteiger partial charge on any atom is -0.507 e. The van der Waals surface area contributed by atoms with E-state index < -0.39 is 35.6 Å². The van der Waals surface area contributed by atoms with Crippen LogP contribution in [0.3, 0.4) is 0 Å². The molecule has 11 nitrogen and oxygen atoms in total. The molecule has 0 aliphatic rings. The number of phenolic OH excluding ortho intramolecular Hbond substituents is 1. The average molecular weight is 618 g/mol. The van der Waals surface area contributed by atoms with Crippen LogP contribution in [0.4, 0.5) is 5.69 Å². The Bertz CT molecular complexity index is 1510. The number of nitrogens with zero attached hydrogens (tertiary/aromatic N) is 1. The number of esters is 1. The first-order valence-electron chi connectivity index (χ1n) is 15.1. The zero-order valence-corrected chi connectivity index (χ0v) is 26.3. The number of hydrogen-bond donors (Lipinski definition) is 5. The molecule has 240 valence electrons. The number of phenols is 1. The maximum atomic E-state index is 13.6. The summed E-state index contributed by atoms with van der Waals surface area (Å²) in [5.74, 6) is -2.68. The van der Waals surface area contributed by atoms with Crippen molar-refractivity contribution < 1.29 is 29.0 Å². The van der Waals surface area contributed by atoms with Crippen LogP contribution in [0, 0.1) is 5.92 Å². The van der Waals surface area contributed by atoms with Gasteiger partial charge in [-0.05, 0) is 42.5 Å². The summed E-state index contributed by atoms with van der Waals surface area (Å²) in [4.78, 5) is 56.9. The highest BCUT2D eigenvalue weighted by Crippen LogP contribution is 2.38. The van der Waals surface area contributed by atoms with Gasteiger partial charge >= 0.3 is 5.97 Å². The van der Waals surface area contributed by atoms with Crippen LogP contribution < -0.4 is 22.1 Å². The number of Topliss-reactive ketones (excluding diaryl/α,β-unsaturated/α-hetero) is 1. The number of carbonyl (C=O) groups excluding carboxylic acids is 4. The summed E-state index contributed by atoms with van der Waals surface area (Å²) in [5, 5.41) is 16.7. The van der Waals surface area contributed by atoms with Crippen molar-refractivity contribution >= 4 is 29.3 Å². The molecule has 2 aromatic carbocycles. The third-order valence-electron chi connectivity index (χ3n) is 7.27. The Hall–Kier alpha value is -4.61. The highest BCUT2D eigenvalue weighted by atomic mass is 16.5. The summed E-state index contributed by atoms with van der Waals surface area (Å²) in [5.41, 5.74) is 13.2. The van der Waals surface area contributed by atoms with E-state index in [2.05, 4.69) is 15.6 Å². The summed E-state index contributed by atoms with van der Waals surface area (Å²) in [6.45, 7) is 7.05. The number of amides is 2. The molecule has 0 saturated heterocycles. The maximum absolute atomic E-state index is 13.6. The number of pyridine rings is 1.